The number of carbonyl (C=O) groups is 1. The van der Waals surface area contributed by atoms with Crippen molar-refractivity contribution >= 4 is 5.91 Å². The van der Waals surface area contributed by atoms with Crippen molar-refractivity contribution in [1.82, 2.24) is 5.32 Å². The number of hydrogen-bond donors (Lipinski definition) is 2. The summed E-state index contributed by atoms with van der Waals surface area (Å²) in [6, 6.07) is 4.12. The monoisotopic (exact) mass is 263 g/mol. The third-order valence-corrected chi connectivity index (χ3v) is 2.88. The van der Waals surface area contributed by atoms with E-state index < -0.39 is 11.7 Å². The fraction of sp³-hybridized carbons (Fsp3) is 0.400. The van der Waals surface area contributed by atoms with Crippen molar-refractivity contribution in [2.75, 3.05) is 6.61 Å². The van der Waals surface area contributed by atoms with Gasteiger partial charge in [-0.1, -0.05) is 25.7 Å². The van der Waals surface area contributed by atoms with Crippen LogP contribution in [-0.2, 0) is 0 Å². The van der Waals surface area contributed by atoms with Crippen molar-refractivity contribution in [2.24, 2.45) is 5.92 Å². The molecule has 0 radical (unpaired) electrons. The van der Waals surface area contributed by atoms with Crippen molar-refractivity contribution in [3.8, 4) is 11.8 Å². The van der Waals surface area contributed by atoms with E-state index in [0.29, 0.717) is 5.56 Å². The number of carbonyl (C=O) groups excluding carboxylic acids is 1. The Kier molecular flexibility index (Phi) is 5.53. The van der Waals surface area contributed by atoms with Gasteiger partial charge in [0.05, 0.1) is 5.56 Å². The largest absolute Gasteiger partial charge is 0.384 e. The summed E-state index contributed by atoms with van der Waals surface area (Å²) in [5.41, 5.74) is 0.432. The molecule has 0 spiro atoms. The number of aliphatic hydroxyl groups excluding tert-OH is 1. The Morgan fingerprint density at radius 2 is 2.11 bits per heavy atom. The van der Waals surface area contributed by atoms with Crippen LogP contribution in [0.1, 0.15) is 36.7 Å². The second-order valence-electron chi connectivity index (χ2n) is 4.66. The number of nitrogens with one attached hydrogen (secondary N) is 1. The highest BCUT2D eigenvalue weighted by atomic mass is 19.1. The maximum Gasteiger partial charge on any atom is 0.254 e. The van der Waals surface area contributed by atoms with Crippen LogP contribution in [0.2, 0.25) is 0 Å². The lowest BCUT2D eigenvalue weighted by atomic mass is 10.1. The van der Waals surface area contributed by atoms with Crippen LogP contribution in [0.4, 0.5) is 4.39 Å². The highest BCUT2D eigenvalue weighted by molar-refractivity contribution is 5.94. The second-order valence-corrected chi connectivity index (χ2v) is 4.66. The van der Waals surface area contributed by atoms with Crippen LogP contribution in [0.15, 0.2) is 18.2 Å². The summed E-state index contributed by atoms with van der Waals surface area (Å²) in [5.74, 6) is 4.25. The lowest BCUT2D eigenvalue weighted by molar-refractivity contribution is 0.0926. The van der Waals surface area contributed by atoms with Crippen molar-refractivity contribution < 1.29 is 14.3 Å². The van der Waals surface area contributed by atoms with Crippen LogP contribution in [-0.4, -0.2) is 23.7 Å². The molecule has 0 aliphatic heterocycles. The highest BCUT2D eigenvalue weighted by Crippen LogP contribution is 2.11. The fourth-order valence-electron chi connectivity index (χ4n) is 1.37. The zero-order chi connectivity index (χ0) is 14.4. The van der Waals surface area contributed by atoms with Gasteiger partial charge in [0, 0.05) is 11.6 Å². The van der Waals surface area contributed by atoms with Crippen molar-refractivity contribution in [1.29, 1.82) is 0 Å². The van der Waals surface area contributed by atoms with E-state index >= 15 is 0 Å². The summed E-state index contributed by atoms with van der Waals surface area (Å²) in [6.07, 6.45) is 0. The molecule has 19 heavy (non-hydrogen) atoms. The van der Waals surface area contributed by atoms with Crippen LogP contribution in [0, 0.1) is 23.6 Å². The molecule has 0 aliphatic rings. The van der Waals surface area contributed by atoms with Gasteiger partial charge in [0.2, 0.25) is 0 Å². The Labute approximate surface area is 112 Å². The molecule has 3 nitrogen and oxygen atoms in total. The van der Waals surface area contributed by atoms with Gasteiger partial charge in [-0.25, -0.2) is 4.39 Å². The van der Waals surface area contributed by atoms with Gasteiger partial charge >= 0.3 is 0 Å². The van der Waals surface area contributed by atoms with Crippen molar-refractivity contribution in [3.05, 3.63) is 35.1 Å². The maximum atomic E-state index is 13.8. The van der Waals surface area contributed by atoms with E-state index in [1.165, 1.54) is 12.1 Å². The van der Waals surface area contributed by atoms with Gasteiger partial charge in [-0.3, -0.25) is 4.79 Å². The zero-order valence-corrected chi connectivity index (χ0v) is 11.3. The number of rotatable bonds is 3. The van der Waals surface area contributed by atoms with E-state index in [9.17, 15) is 9.18 Å². The zero-order valence-electron chi connectivity index (χ0n) is 11.3. The number of benzene rings is 1. The molecule has 0 aliphatic carbocycles. The molecule has 1 aromatic rings. The summed E-state index contributed by atoms with van der Waals surface area (Å²) in [4.78, 5) is 11.9. The molecule has 0 saturated heterocycles. The number of aliphatic hydroxyl groups is 1. The van der Waals surface area contributed by atoms with Gasteiger partial charge < -0.3 is 10.4 Å². The lowest BCUT2D eigenvalue weighted by Crippen LogP contribution is -2.36. The van der Waals surface area contributed by atoms with Gasteiger partial charge in [-0.2, -0.15) is 0 Å². The minimum absolute atomic E-state index is 0.00190. The van der Waals surface area contributed by atoms with E-state index in [4.69, 9.17) is 5.11 Å². The molecule has 1 atom stereocenters. The SMILES string of the molecule is CC(C)C(C)NC(=O)c1ccc(C#CCO)cc1F. The summed E-state index contributed by atoms with van der Waals surface area (Å²) in [7, 11) is 0. The molecule has 2 N–H and O–H groups in total. The molecule has 102 valence electrons. The van der Waals surface area contributed by atoms with Crippen LogP contribution in [0.3, 0.4) is 0 Å². The Morgan fingerprint density at radius 3 is 2.63 bits per heavy atom. The first kappa shape index (κ1) is 15.2. The topological polar surface area (TPSA) is 49.3 Å². The van der Waals surface area contributed by atoms with Crippen LogP contribution >= 0.6 is 0 Å². The first-order valence-electron chi connectivity index (χ1n) is 6.15. The van der Waals surface area contributed by atoms with Crippen molar-refractivity contribution in [2.45, 2.75) is 26.8 Å². The summed E-state index contributed by atoms with van der Waals surface area (Å²) < 4.78 is 13.8. The van der Waals surface area contributed by atoms with Crippen LogP contribution < -0.4 is 5.32 Å². The number of hydrogen-bond acceptors (Lipinski definition) is 2. The molecule has 0 fully saturated rings. The minimum atomic E-state index is -0.613. The van der Waals surface area contributed by atoms with Gasteiger partial charge in [-0.05, 0) is 31.0 Å². The highest BCUT2D eigenvalue weighted by Gasteiger charge is 2.15. The Hall–Kier alpha value is -1.86. The second kappa shape index (κ2) is 6.91. The van der Waals surface area contributed by atoms with Gasteiger partial charge in [0.25, 0.3) is 5.91 Å². The molecule has 0 heterocycles. The average molecular weight is 263 g/mol. The molecule has 4 heteroatoms. The predicted octanol–water partition coefficient (Wildman–Crippen LogP) is 1.94. The average Bonchev–Trinajstić information content (AvgIpc) is 2.35. The van der Waals surface area contributed by atoms with Gasteiger partial charge in [0.15, 0.2) is 0 Å². The maximum absolute atomic E-state index is 13.8. The Bertz CT molecular complexity index is 515. The summed E-state index contributed by atoms with van der Waals surface area (Å²) in [5, 5.41) is 11.3. The summed E-state index contributed by atoms with van der Waals surface area (Å²) in [6.45, 7) is 5.56. The molecule has 0 saturated carbocycles. The molecule has 0 aromatic heterocycles. The van der Waals surface area contributed by atoms with E-state index in [2.05, 4.69) is 17.2 Å². The number of halogens is 1. The predicted molar refractivity (Wildman–Crippen MR) is 72.1 cm³/mol. The first-order chi connectivity index (χ1) is 8.95. The Morgan fingerprint density at radius 1 is 1.42 bits per heavy atom. The lowest BCUT2D eigenvalue weighted by Gasteiger charge is -2.17. The molecular weight excluding hydrogens is 245 g/mol. The van der Waals surface area contributed by atoms with Crippen LogP contribution in [0.5, 0.6) is 0 Å². The van der Waals surface area contributed by atoms with Crippen LogP contribution in [0.25, 0.3) is 0 Å². The quantitative estimate of drug-likeness (QED) is 0.819. The standard InChI is InChI=1S/C15H18FNO2/c1-10(2)11(3)17-15(19)13-7-6-12(5-4-8-18)9-14(13)16/h6-7,9-11,18H,8H2,1-3H3,(H,17,19). The molecule has 1 unspecified atom stereocenters. The molecule has 1 amide bonds. The van der Waals surface area contributed by atoms with Crippen molar-refractivity contribution in [3.63, 3.8) is 0 Å². The first-order valence-corrected chi connectivity index (χ1v) is 6.15. The molecular formula is C15H18FNO2. The number of amides is 1. The third-order valence-electron chi connectivity index (χ3n) is 2.88. The van der Waals surface area contributed by atoms with E-state index in [1.54, 1.807) is 6.07 Å². The van der Waals surface area contributed by atoms with E-state index in [0.717, 1.165) is 0 Å². The molecule has 0 bridgehead atoms. The Balaban J connectivity index is 2.87. The van der Waals surface area contributed by atoms with E-state index in [1.807, 2.05) is 20.8 Å². The molecule has 1 aromatic carbocycles. The smallest absolute Gasteiger partial charge is 0.254 e. The fourth-order valence-corrected chi connectivity index (χ4v) is 1.37. The summed E-state index contributed by atoms with van der Waals surface area (Å²) >= 11 is 0. The van der Waals surface area contributed by atoms with Gasteiger partial charge in [-0.15, -0.1) is 0 Å². The van der Waals surface area contributed by atoms with E-state index in [-0.39, 0.29) is 24.1 Å². The van der Waals surface area contributed by atoms with Gasteiger partial charge in [0.1, 0.15) is 12.4 Å². The normalized spacial score (nSPS) is 11.7. The minimum Gasteiger partial charge on any atom is -0.384 e. The third kappa shape index (κ3) is 4.38. The molecule has 1 rings (SSSR count).